The Balaban J connectivity index is 1.52. The van der Waals surface area contributed by atoms with Crippen LogP contribution in [-0.2, 0) is 10.0 Å². The third kappa shape index (κ3) is 3.89. The van der Waals surface area contributed by atoms with Crippen molar-refractivity contribution in [2.75, 3.05) is 11.3 Å². The van der Waals surface area contributed by atoms with E-state index in [0.717, 1.165) is 37.8 Å². The number of amides is 1. The van der Waals surface area contributed by atoms with Crippen molar-refractivity contribution in [2.45, 2.75) is 37.1 Å². The predicted octanol–water partition coefficient (Wildman–Crippen LogP) is 5.07. The van der Waals surface area contributed by atoms with Gasteiger partial charge in [-0.15, -0.1) is 0 Å². The minimum Gasteiger partial charge on any atom is -0.312 e. The number of rotatable bonds is 4. The van der Waals surface area contributed by atoms with Gasteiger partial charge < -0.3 is 4.90 Å². The molecule has 0 radical (unpaired) electrons. The second-order valence-electron chi connectivity index (χ2n) is 8.00. The largest absolute Gasteiger partial charge is 0.312 e. The highest BCUT2D eigenvalue weighted by Crippen LogP contribution is 2.37. The quantitative estimate of drug-likeness (QED) is 0.553. The van der Waals surface area contributed by atoms with E-state index in [0.29, 0.717) is 27.6 Å². The highest BCUT2D eigenvalue weighted by atomic mass is 35.5. The average Bonchev–Trinajstić information content (AvgIpc) is 3.27. The van der Waals surface area contributed by atoms with E-state index >= 15 is 0 Å². The maximum absolute atomic E-state index is 13.6. The first-order valence-electron chi connectivity index (χ1n) is 10.5. The van der Waals surface area contributed by atoms with Crippen molar-refractivity contribution in [2.24, 2.45) is 5.92 Å². The molecule has 2 aliphatic rings. The number of hydrogen-bond donors (Lipinski definition) is 1. The summed E-state index contributed by atoms with van der Waals surface area (Å²) in [6.07, 6.45) is 10.3. The molecule has 1 N–H and O–H groups in total. The number of halogens is 1. The van der Waals surface area contributed by atoms with Crippen LogP contribution >= 0.6 is 23.1 Å². The monoisotopic (exact) mass is 488 g/mol. The summed E-state index contributed by atoms with van der Waals surface area (Å²) in [5.74, 6) is 0.169. The maximum atomic E-state index is 13.6. The van der Waals surface area contributed by atoms with Crippen LogP contribution in [0.1, 0.15) is 42.5 Å². The molecule has 1 atom stereocenters. The Bertz CT molecular complexity index is 1340. The molecule has 3 heterocycles. The standard InChI is InChI=1S/C22H21ClN4O3S2/c23-15-7-8-16(22(28)27-11-3-5-14-4-1-2-6-19(14)27)18(12-15)26-32(29,30)21-17-13-25-31-20(17)9-10-24-21/h6-10,12-14,26H,1-5,11H2. The Morgan fingerprint density at radius 2 is 2.06 bits per heavy atom. The molecular weight excluding hydrogens is 468 g/mol. The van der Waals surface area contributed by atoms with Crippen molar-refractivity contribution >= 4 is 54.8 Å². The maximum Gasteiger partial charge on any atom is 0.280 e. The van der Waals surface area contributed by atoms with Crippen molar-refractivity contribution in [3.8, 4) is 0 Å². The molecule has 1 aromatic carbocycles. The van der Waals surface area contributed by atoms with Gasteiger partial charge in [0.1, 0.15) is 0 Å². The minimum atomic E-state index is -4.08. The van der Waals surface area contributed by atoms with Crippen LogP contribution in [-0.4, -0.2) is 35.1 Å². The van der Waals surface area contributed by atoms with E-state index in [1.807, 2.05) is 0 Å². The number of nitrogens with one attached hydrogen (secondary N) is 1. The molecule has 7 nitrogen and oxygen atoms in total. The first kappa shape index (κ1) is 21.4. The van der Waals surface area contributed by atoms with E-state index in [2.05, 4.69) is 20.2 Å². The zero-order chi connectivity index (χ0) is 22.3. The topological polar surface area (TPSA) is 92.3 Å². The summed E-state index contributed by atoms with van der Waals surface area (Å²) in [6.45, 7) is 0.622. The van der Waals surface area contributed by atoms with Gasteiger partial charge in [0.05, 0.1) is 27.5 Å². The van der Waals surface area contributed by atoms with Gasteiger partial charge in [0.15, 0.2) is 5.03 Å². The Labute approximate surface area is 195 Å². The van der Waals surface area contributed by atoms with Gasteiger partial charge in [0, 0.05) is 23.5 Å². The Hall–Kier alpha value is -2.49. The molecule has 1 aliphatic carbocycles. The smallest absolute Gasteiger partial charge is 0.280 e. The Morgan fingerprint density at radius 3 is 2.94 bits per heavy atom. The molecule has 32 heavy (non-hydrogen) atoms. The lowest BCUT2D eigenvalue weighted by atomic mass is 9.84. The van der Waals surface area contributed by atoms with Crippen LogP contribution in [0.4, 0.5) is 5.69 Å². The first-order chi connectivity index (χ1) is 15.4. The summed E-state index contributed by atoms with van der Waals surface area (Å²) in [5.41, 5.74) is 1.47. The van der Waals surface area contributed by atoms with Crippen molar-refractivity contribution in [1.29, 1.82) is 0 Å². The third-order valence-electron chi connectivity index (χ3n) is 5.98. The number of fused-ring (bicyclic) bond motifs is 2. The molecular formula is C22H21ClN4O3S2. The lowest BCUT2D eigenvalue weighted by Crippen LogP contribution is -2.39. The molecule has 0 bridgehead atoms. The summed E-state index contributed by atoms with van der Waals surface area (Å²) in [4.78, 5) is 19.4. The van der Waals surface area contributed by atoms with Crippen LogP contribution in [0.15, 0.2) is 53.5 Å². The summed E-state index contributed by atoms with van der Waals surface area (Å²) in [6, 6.07) is 6.36. The molecule has 1 fully saturated rings. The number of aromatic nitrogens is 2. The molecule has 0 saturated carbocycles. The molecule has 0 spiro atoms. The number of anilines is 1. The summed E-state index contributed by atoms with van der Waals surface area (Å²) in [7, 11) is -4.08. The number of sulfonamides is 1. The molecule has 1 aliphatic heterocycles. The number of carbonyl (C=O) groups excluding carboxylic acids is 1. The third-order valence-corrected chi connectivity index (χ3v) is 8.30. The molecule has 166 valence electrons. The fraction of sp³-hybridized carbons (Fsp3) is 0.318. The molecule has 5 rings (SSSR count). The fourth-order valence-corrected chi connectivity index (χ4v) is 6.59. The summed E-state index contributed by atoms with van der Waals surface area (Å²) >= 11 is 7.37. The van der Waals surface area contributed by atoms with E-state index < -0.39 is 10.0 Å². The lowest BCUT2D eigenvalue weighted by Gasteiger charge is -2.38. The van der Waals surface area contributed by atoms with Crippen molar-refractivity contribution in [3.05, 3.63) is 59.0 Å². The van der Waals surface area contributed by atoms with Gasteiger partial charge in [-0.3, -0.25) is 9.52 Å². The second-order valence-corrected chi connectivity index (χ2v) is 10.9. The van der Waals surface area contributed by atoms with E-state index in [-0.39, 0.29) is 22.2 Å². The number of nitrogens with zero attached hydrogens (tertiary/aromatic N) is 3. The second kappa shape index (κ2) is 8.46. The zero-order valence-corrected chi connectivity index (χ0v) is 19.5. The van der Waals surface area contributed by atoms with Crippen LogP contribution in [0.5, 0.6) is 0 Å². The fourth-order valence-electron chi connectivity index (χ4n) is 4.51. The van der Waals surface area contributed by atoms with Gasteiger partial charge in [-0.05, 0) is 73.8 Å². The van der Waals surface area contributed by atoms with Crippen LogP contribution in [0, 0.1) is 5.92 Å². The SMILES string of the molecule is O=C(c1ccc(Cl)cc1NS(=O)(=O)c1nccc2sncc12)N1CCCC2CCCC=C21. The van der Waals surface area contributed by atoms with Crippen molar-refractivity contribution in [3.63, 3.8) is 0 Å². The van der Waals surface area contributed by atoms with Gasteiger partial charge in [-0.2, -0.15) is 12.8 Å². The van der Waals surface area contributed by atoms with Crippen LogP contribution < -0.4 is 4.72 Å². The molecule has 1 saturated heterocycles. The zero-order valence-electron chi connectivity index (χ0n) is 17.1. The Morgan fingerprint density at radius 1 is 1.22 bits per heavy atom. The van der Waals surface area contributed by atoms with E-state index in [1.165, 1.54) is 30.0 Å². The van der Waals surface area contributed by atoms with Crippen LogP contribution in [0.25, 0.3) is 10.1 Å². The van der Waals surface area contributed by atoms with Crippen molar-refractivity contribution in [1.82, 2.24) is 14.3 Å². The van der Waals surface area contributed by atoms with Gasteiger partial charge in [0.25, 0.3) is 15.9 Å². The van der Waals surface area contributed by atoms with Gasteiger partial charge in [-0.1, -0.05) is 17.7 Å². The number of likely N-dealkylation sites (tertiary alicyclic amines) is 1. The molecule has 1 amide bonds. The van der Waals surface area contributed by atoms with E-state index in [9.17, 15) is 13.2 Å². The molecule has 1 unspecified atom stereocenters. The highest BCUT2D eigenvalue weighted by Gasteiger charge is 2.32. The van der Waals surface area contributed by atoms with E-state index in [4.69, 9.17) is 11.6 Å². The number of benzene rings is 1. The van der Waals surface area contributed by atoms with Crippen LogP contribution in [0.2, 0.25) is 5.02 Å². The number of piperidine rings is 1. The molecule has 10 heteroatoms. The number of allylic oxidation sites excluding steroid dienone is 2. The summed E-state index contributed by atoms with van der Waals surface area (Å²) < 4.78 is 33.8. The number of carbonyl (C=O) groups is 1. The molecule has 2 aromatic heterocycles. The number of pyridine rings is 1. The van der Waals surface area contributed by atoms with E-state index in [1.54, 1.807) is 23.1 Å². The first-order valence-corrected chi connectivity index (χ1v) is 13.1. The van der Waals surface area contributed by atoms with Gasteiger partial charge in [0.2, 0.25) is 0 Å². The minimum absolute atomic E-state index is 0.129. The van der Waals surface area contributed by atoms with Gasteiger partial charge in [-0.25, -0.2) is 4.98 Å². The van der Waals surface area contributed by atoms with Crippen LogP contribution in [0.3, 0.4) is 0 Å². The average molecular weight is 489 g/mol. The van der Waals surface area contributed by atoms with Crippen molar-refractivity contribution < 1.29 is 13.2 Å². The normalized spacial score (nSPS) is 18.8. The molecule has 3 aromatic rings. The number of hydrogen-bond acceptors (Lipinski definition) is 6. The Kier molecular flexibility index (Phi) is 5.65. The van der Waals surface area contributed by atoms with Gasteiger partial charge >= 0.3 is 0 Å². The highest BCUT2D eigenvalue weighted by molar-refractivity contribution is 7.92. The lowest BCUT2D eigenvalue weighted by molar-refractivity contribution is 0.0750. The predicted molar refractivity (Wildman–Crippen MR) is 125 cm³/mol. The summed E-state index contributed by atoms with van der Waals surface area (Å²) in [5, 5.41) is 0.636.